The van der Waals surface area contributed by atoms with Gasteiger partial charge in [0.25, 0.3) is 0 Å². The van der Waals surface area contributed by atoms with Gasteiger partial charge in [-0.2, -0.15) is 15.8 Å². The molecule has 3 aliphatic heterocycles. The van der Waals surface area contributed by atoms with Crippen molar-refractivity contribution in [1.29, 1.82) is 15.8 Å². The molecule has 3 aromatic carbocycles. The van der Waals surface area contributed by atoms with Crippen LogP contribution in [0.2, 0.25) is 0 Å². The van der Waals surface area contributed by atoms with E-state index in [9.17, 15) is 15.8 Å². The second-order valence-corrected chi connectivity index (χ2v) is 18.2. The van der Waals surface area contributed by atoms with Crippen molar-refractivity contribution in [2.75, 3.05) is 0 Å². The van der Waals surface area contributed by atoms with Crippen LogP contribution in [0.5, 0.6) is 0 Å². The molecule has 12 heteroatoms. The van der Waals surface area contributed by atoms with Gasteiger partial charge in [-0.25, -0.2) is 0 Å². The minimum Gasteiger partial charge on any atom is -0.399 e. The molecule has 3 heterocycles. The van der Waals surface area contributed by atoms with Crippen molar-refractivity contribution in [2.45, 2.75) is 129 Å². The summed E-state index contributed by atoms with van der Waals surface area (Å²) in [6.45, 7) is 24.0. The van der Waals surface area contributed by atoms with Crippen LogP contribution in [0.3, 0.4) is 0 Å². The Bertz CT molecular complexity index is 2110. The number of hydrogen-bond acceptors (Lipinski definition) is 9. The highest BCUT2D eigenvalue weighted by Crippen LogP contribution is 2.56. The van der Waals surface area contributed by atoms with Crippen LogP contribution in [-0.4, -0.2) is 55.0 Å². The fourth-order valence-electron chi connectivity index (χ4n) is 8.24. The van der Waals surface area contributed by atoms with E-state index in [1.165, 1.54) is 0 Å². The molecule has 0 radical (unpaired) electrons. The van der Waals surface area contributed by atoms with E-state index in [1.54, 1.807) is 0 Å². The van der Waals surface area contributed by atoms with E-state index in [4.69, 9.17) is 27.9 Å². The van der Waals surface area contributed by atoms with Crippen LogP contribution in [0.1, 0.15) is 145 Å². The second-order valence-electron chi connectivity index (χ2n) is 18.2. The fourth-order valence-corrected chi connectivity index (χ4v) is 8.24. The third-order valence-corrected chi connectivity index (χ3v) is 13.5. The third kappa shape index (κ3) is 4.99. The molecule has 0 spiro atoms. The van der Waals surface area contributed by atoms with E-state index in [2.05, 4.69) is 30.3 Å². The predicted molar refractivity (Wildman–Crippen MR) is 203 cm³/mol. The summed E-state index contributed by atoms with van der Waals surface area (Å²) in [4.78, 5) is 0. The third-order valence-electron chi connectivity index (χ3n) is 13.5. The maximum atomic E-state index is 10.6. The number of rotatable bonds is 3. The zero-order valence-corrected chi connectivity index (χ0v) is 32.6. The Morgan fingerprint density at radius 2 is 0.566 bits per heavy atom. The van der Waals surface area contributed by atoms with Crippen molar-refractivity contribution in [1.82, 2.24) is 0 Å². The maximum Gasteiger partial charge on any atom is 0.496 e. The van der Waals surface area contributed by atoms with E-state index in [1.807, 2.05) is 107 Å². The summed E-state index contributed by atoms with van der Waals surface area (Å²) in [5, 5.41) is 31.8. The van der Waals surface area contributed by atoms with E-state index in [0.717, 1.165) is 33.4 Å². The molecule has 9 nitrogen and oxygen atoms in total. The molecular weight excluding hydrogens is 663 g/mol. The summed E-state index contributed by atoms with van der Waals surface area (Å²) in [6.07, 6.45) is 0. The normalized spacial score (nSPS) is 25.6. The summed E-state index contributed by atoms with van der Waals surface area (Å²) in [6, 6.07) is 19.4. The molecule has 6 aliphatic rings. The molecule has 9 rings (SSSR count). The summed E-state index contributed by atoms with van der Waals surface area (Å²) < 4.78 is 38.9. The highest BCUT2D eigenvalue weighted by atomic mass is 16.7. The average molecular weight is 707 g/mol. The molecule has 0 N–H and O–H groups in total. The van der Waals surface area contributed by atoms with Crippen LogP contribution in [0.25, 0.3) is 0 Å². The van der Waals surface area contributed by atoms with Crippen molar-refractivity contribution in [3.8, 4) is 18.2 Å². The molecule has 3 saturated heterocycles. The minimum atomic E-state index is -0.750. The topological polar surface area (TPSA) is 127 Å². The van der Waals surface area contributed by atoms with E-state index in [0.29, 0.717) is 33.1 Å². The molecule has 0 amide bonds. The lowest BCUT2D eigenvalue weighted by Gasteiger charge is -2.43. The highest BCUT2D eigenvalue weighted by Gasteiger charge is 2.56. The second kappa shape index (κ2) is 11.1. The first kappa shape index (κ1) is 36.1. The Labute approximate surface area is 313 Å². The molecule has 3 fully saturated rings. The first-order valence-corrected chi connectivity index (χ1v) is 18.4. The molecule has 0 atom stereocenters. The number of benzene rings is 3. The first-order chi connectivity index (χ1) is 24.6. The highest BCUT2D eigenvalue weighted by molar-refractivity contribution is 6.64. The average Bonchev–Trinajstić information content (AvgIpc) is 3.54. The van der Waals surface area contributed by atoms with Crippen molar-refractivity contribution in [2.24, 2.45) is 0 Å². The molecular formula is C41H44B3N3O6. The van der Waals surface area contributed by atoms with Crippen LogP contribution in [-0.2, 0) is 27.9 Å². The standard InChI is InChI=1S/C41H44B3N3O6/c1-36(2)37(3,4)49-42(48-36)31-16-28-27(15-24(31)21-47)35-29-17-32(43-50-38(5,6)39(7,8)51-43)22(19-45)13-25(29)34(28)26-14-23(20-46)33(18-30(26)35)44-52-40(9,10)41(11,12)53-44/h13-18,34-35H,1-12H3. The number of nitrogens with zero attached hydrogens (tertiary/aromatic N) is 3. The van der Waals surface area contributed by atoms with Gasteiger partial charge in [0.1, 0.15) is 0 Å². The number of nitriles is 3. The van der Waals surface area contributed by atoms with Gasteiger partial charge in [0, 0.05) is 28.2 Å². The van der Waals surface area contributed by atoms with Crippen LogP contribution in [0.15, 0.2) is 36.4 Å². The van der Waals surface area contributed by atoms with Gasteiger partial charge in [-0.3, -0.25) is 0 Å². The molecule has 268 valence electrons. The monoisotopic (exact) mass is 707 g/mol. The van der Waals surface area contributed by atoms with Crippen LogP contribution < -0.4 is 16.4 Å². The summed E-state index contributed by atoms with van der Waals surface area (Å²) >= 11 is 0. The van der Waals surface area contributed by atoms with Crippen LogP contribution in [0.4, 0.5) is 0 Å². The quantitative estimate of drug-likeness (QED) is 0.233. The lowest BCUT2D eigenvalue weighted by Crippen LogP contribution is -2.41. The van der Waals surface area contributed by atoms with Gasteiger partial charge in [-0.1, -0.05) is 18.2 Å². The Balaban J connectivity index is 1.35. The zero-order valence-electron chi connectivity index (χ0n) is 32.6. The Morgan fingerprint density at radius 1 is 0.377 bits per heavy atom. The van der Waals surface area contributed by atoms with Crippen LogP contribution in [0, 0.1) is 34.0 Å². The smallest absolute Gasteiger partial charge is 0.399 e. The molecule has 2 bridgehead atoms. The van der Waals surface area contributed by atoms with Gasteiger partial charge in [-0.05, 0) is 135 Å². The molecule has 0 saturated carbocycles. The summed E-state index contributed by atoms with van der Waals surface area (Å²) in [5.74, 6) is -0.699. The fraction of sp³-hybridized carbons (Fsp3) is 0.488. The molecule has 53 heavy (non-hydrogen) atoms. The lowest BCUT2D eigenvalue weighted by molar-refractivity contribution is 0.00578. The minimum absolute atomic E-state index is 0.345. The molecule has 3 aliphatic carbocycles. The number of hydrogen-bond donors (Lipinski definition) is 0. The van der Waals surface area contributed by atoms with Crippen molar-refractivity contribution in [3.05, 3.63) is 86.5 Å². The van der Waals surface area contributed by atoms with Crippen LogP contribution >= 0.6 is 0 Å². The summed E-state index contributed by atoms with van der Waals surface area (Å²) in [5.41, 5.74) is 5.64. The molecule has 0 unspecified atom stereocenters. The van der Waals surface area contributed by atoms with E-state index in [-0.39, 0.29) is 11.8 Å². The SMILES string of the molecule is CC1(C)OB(c2cc3c(cc2C#N)C2c4cc(B5OC(C)(C)C(C)(C)O5)c(C#N)cc4C3c3cc(C#N)c(B4OC(C)(C)C(C)(C)O4)cc32)OC1(C)C. The Hall–Kier alpha value is -3.92. The Morgan fingerprint density at radius 3 is 0.755 bits per heavy atom. The molecule has 3 aromatic rings. The molecule has 0 aromatic heterocycles. The lowest BCUT2D eigenvalue weighted by atomic mass is 9.56. The van der Waals surface area contributed by atoms with Crippen molar-refractivity contribution >= 4 is 37.7 Å². The predicted octanol–water partition coefficient (Wildman–Crippen LogP) is 5.19. The van der Waals surface area contributed by atoms with Gasteiger partial charge in [-0.15, -0.1) is 0 Å². The summed E-state index contributed by atoms with van der Waals surface area (Å²) in [7, 11) is -2.25. The van der Waals surface area contributed by atoms with E-state index < -0.39 is 55.0 Å². The largest absolute Gasteiger partial charge is 0.496 e. The zero-order chi connectivity index (χ0) is 38.4. The van der Waals surface area contributed by atoms with E-state index >= 15 is 0 Å². The van der Waals surface area contributed by atoms with Gasteiger partial charge >= 0.3 is 21.4 Å². The van der Waals surface area contributed by atoms with Crippen molar-refractivity contribution < 1.29 is 27.9 Å². The van der Waals surface area contributed by atoms with Gasteiger partial charge in [0.2, 0.25) is 0 Å². The van der Waals surface area contributed by atoms with Gasteiger partial charge in [0.05, 0.1) is 68.5 Å². The van der Waals surface area contributed by atoms with Crippen molar-refractivity contribution in [3.63, 3.8) is 0 Å². The van der Waals surface area contributed by atoms with Gasteiger partial charge < -0.3 is 27.9 Å². The van der Waals surface area contributed by atoms with Gasteiger partial charge in [0.15, 0.2) is 0 Å². The first-order valence-electron chi connectivity index (χ1n) is 18.4. The Kier molecular flexibility index (Phi) is 7.54. The maximum absolute atomic E-state index is 10.6.